The number of benzene rings is 2. The number of carbonyl (C=O) groups excluding carboxylic acids is 1. The molecule has 0 radical (unpaired) electrons. The van der Waals surface area contributed by atoms with E-state index in [0.717, 1.165) is 18.4 Å². The van der Waals surface area contributed by atoms with Crippen molar-refractivity contribution in [2.45, 2.75) is 30.6 Å². The van der Waals surface area contributed by atoms with Gasteiger partial charge in [0.1, 0.15) is 0 Å². The number of carbonyl (C=O) groups is 1. The minimum atomic E-state index is -3.81. The van der Waals surface area contributed by atoms with E-state index in [-0.39, 0.29) is 16.4 Å². The molecular weight excluding hydrogens is 368 g/mol. The molecule has 0 bridgehead atoms. The summed E-state index contributed by atoms with van der Waals surface area (Å²) in [6.07, 6.45) is 5.86. The summed E-state index contributed by atoms with van der Waals surface area (Å²) in [5.41, 5.74) is 2.60. The monoisotopic (exact) mass is 388 g/mol. The molecule has 1 amide bonds. The Morgan fingerprint density at radius 1 is 1.04 bits per heavy atom. The van der Waals surface area contributed by atoms with Crippen molar-refractivity contribution in [1.82, 2.24) is 0 Å². The van der Waals surface area contributed by atoms with Gasteiger partial charge in [0.25, 0.3) is 0 Å². The lowest BCUT2D eigenvalue weighted by Gasteiger charge is -2.22. The molecule has 2 aromatic carbocycles. The molecule has 1 aliphatic carbocycles. The molecule has 142 valence electrons. The van der Waals surface area contributed by atoms with E-state index in [2.05, 4.69) is 5.32 Å². The van der Waals surface area contributed by atoms with Crippen LogP contribution in [0.5, 0.6) is 11.5 Å². The Labute approximate surface area is 157 Å². The molecule has 0 heterocycles. The molecule has 5 N–H and O–H groups in total. The summed E-state index contributed by atoms with van der Waals surface area (Å²) >= 11 is 0. The molecule has 1 aliphatic rings. The van der Waals surface area contributed by atoms with Crippen LogP contribution in [0.3, 0.4) is 0 Å². The minimum absolute atomic E-state index is 0.116. The van der Waals surface area contributed by atoms with E-state index in [1.807, 2.05) is 0 Å². The van der Waals surface area contributed by atoms with Crippen LogP contribution in [0.2, 0.25) is 0 Å². The zero-order valence-corrected chi connectivity index (χ0v) is 15.3. The minimum Gasteiger partial charge on any atom is -0.504 e. The number of rotatable bonds is 4. The summed E-state index contributed by atoms with van der Waals surface area (Å²) in [6.45, 7) is 0. The predicted molar refractivity (Wildman–Crippen MR) is 102 cm³/mol. The largest absolute Gasteiger partial charge is 0.504 e. The summed E-state index contributed by atoms with van der Waals surface area (Å²) in [7, 11) is -3.81. The van der Waals surface area contributed by atoms with Crippen LogP contribution < -0.4 is 10.5 Å². The first-order valence-corrected chi connectivity index (χ1v) is 9.99. The molecule has 3 rings (SSSR count). The smallest absolute Gasteiger partial charge is 0.248 e. The SMILES string of the molecule is NS(=O)(=O)c1ccc(NC(=O)C=Cc2ccc(O)c(O)c2)c2c1CCCC2. The highest BCUT2D eigenvalue weighted by atomic mass is 32.2. The predicted octanol–water partition coefficient (Wildman–Crippen LogP) is 2.28. The highest BCUT2D eigenvalue weighted by molar-refractivity contribution is 7.89. The van der Waals surface area contributed by atoms with E-state index in [9.17, 15) is 23.4 Å². The number of nitrogens with one attached hydrogen (secondary N) is 1. The third kappa shape index (κ3) is 4.29. The lowest BCUT2D eigenvalue weighted by atomic mass is 9.90. The number of hydrogen-bond donors (Lipinski definition) is 4. The van der Waals surface area contributed by atoms with Gasteiger partial charge in [-0.15, -0.1) is 0 Å². The Balaban J connectivity index is 1.84. The average molecular weight is 388 g/mol. The molecule has 8 heteroatoms. The molecule has 7 nitrogen and oxygen atoms in total. The van der Waals surface area contributed by atoms with Gasteiger partial charge in [-0.2, -0.15) is 0 Å². The molecule has 0 saturated carbocycles. The van der Waals surface area contributed by atoms with Crippen molar-refractivity contribution >= 4 is 27.7 Å². The van der Waals surface area contributed by atoms with E-state index < -0.39 is 15.9 Å². The standard InChI is InChI=1S/C19H20N2O5S/c20-27(25,26)18-9-7-15(13-3-1-2-4-14(13)18)21-19(24)10-6-12-5-8-16(22)17(23)11-12/h5-11,22-23H,1-4H2,(H,21,24)(H2,20,25,26). The van der Waals surface area contributed by atoms with Gasteiger partial charge in [-0.1, -0.05) is 6.07 Å². The molecular formula is C19H20N2O5S. The van der Waals surface area contributed by atoms with Crippen LogP contribution in [-0.4, -0.2) is 24.5 Å². The van der Waals surface area contributed by atoms with Gasteiger partial charge in [0.05, 0.1) is 4.90 Å². The molecule has 27 heavy (non-hydrogen) atoms. The van der Waals surface area contributed by atoms with Crippen molar-refractivity contribution in [2.24, 2.45) is 5.14 Å². The molecule has 0 atom stereocenters. The number of nitrogens with two attached hydrogens (primary N) is 1. The van der Waals surface area contributed by atoms with Gasteiger partial charge in [-0.05, 0) is 72.7 Å². The second-order valence-electron chi connectivity index (χ2n) is 6.39. The number of hydrogen-bond acceptors (Lipinski definition) is 5. The quantitative estimate of drug-likeness (QED) is 0.472. The summed E-state index contributed by atoms with van der Waals surface area (Å²) < 4.78 is 23.6. The van der Waals surface area contributed by atoms with Crippen LogP contribution in [-0.2, 0) is 27.7 Å². The van der Waals surface area contributed by atoms with Crippen LogP contribution >= 0.6 is 0 Å². The number of phenols is 2. The number of phenolic OH excluding ortho intramolecular Hbond substituents is 2. The Morgan fingerprint density at radius 2 is 1.74 bits per heavy atom. The molecule has 0 aromatic heterocycles. The maximum atomic E-state index is 12.3. The number of amides is 1. The first-order chi connectivity index (χ1) is 12.8. The molecule has 0 fully saturated rings. The van der Waals surface area contributed by atoms with Crippen molar-refractivity contribution in [3.05, 3.63) is 53.1 Å². The molecule has 2 aromatic rings. The van der Waals surface area contributed by atoms with Gasteiger partial charge < -0.3 is 15.5 Å². The molecule has 0 spiro atoms. The van der Waals surface area contributed by atoms with Crippen molar-refractivity contribution in [1.29, 1.82) is 0 Å². The van der Waals surface area contributed by atoms with Gasteiger partial charge in [0.15, 0.2) is 11.5 Å². The van der Waals surface area contributed by atoms with Gasteiger partial charge in [0.2, 0.25) is 15.9 Å². The third-order valence-electron chi connectivity index (χ3n) is 4.48. The van der Waals surface area contributed by atoms with Gasteiger partial charge in [-0.3, -0.25) is 4.79 Å². The summed E-state index contributed by atoms with van der Waals surface area (Å²) in [6, 6.07) is 7.21. The van der Waals surface area contributed by atoms with Crippen molar-refractivity contribution in [3.63, 3.8) is 0 Å². The van der Waals surface area contributed by atoms with Crippen LogP contribution in [0.1, 0.15) is 29.5 Å². The lowest BCUT2D eigenvalue weighted by Crippen LogP contribution is -2.19. The van der Waals surface area contributed by atoms with Crippen LogP contribution in [0, 0.1) is 0 Å². The average Bonchev–Trinajstić information content (AvgIpc) is 2.62. The zero-order valence-electron chi connectivity index (χ0n) is 14.5. The van der Waals surface area contributed by atoms with E-state index in [0.29, 0.717) is 29.7 Å². The number of sulfonamides is 1. The summed E-state index contributed by atoms with van der Waals surface area (Å²) in [5, 5.41) is 26.9. The number of anilines is 1. The Bertz CT molecular complexity index is 1030. The van der Waals surface area contributed by atoms with E-state index >= 15 is 0 Å². The van der Waals surface area contributed by atoms with Crippen molar-refractivity contribution in [3.8, 4) is 11.5 Å². The van der Waals surface area contributed by atoms with Crippen LogP contribution in [0.25, 0.3) is 6.08 Å². The Morgan fingerprint density at radius 3 is 2.41 bits per heavy atom. The maximum Gasteiger partial charge on any atom is 0.248 e. The summed E-state index contributed by atoms with van der Waals surface area (Å²) in [4.78, 5) is 12.4. The molecule has 0 saturated heterocycles. The lowest BCUT2D eigenvalue weighted by molar-refractivity contribution is -0.111. The fourth-order valence-corrected chi connectivity index (χ4v) is 4.04. The number of fused-ring (bicyclic) bond motifs is 1. The van der Waals surface area contributed by atoms with Gasteiger partial charge in [0, 0.05) is 11.8 Å². The molecule has 0 aliphatic heterocycles. The highest BCUT2D eigenvalue weighted by Gasteiger charge is 2.22. The van der Waals surface area contributed by atoms with Gasteiger partial charge in [-0.25, -0.2) is 13.6 Å². The first kappa shape index (κ1) is 18.9. The third-order valence-corrected chi connectivity index (χ3v) is 5.48. The fourth-order valence-electron chi connectivity index (χ4n) is 3.21. The van der Waals surface area contributed by atoms with Gasteiger partial charge >= 0.3 is 0 Å². The van der Waals surface area contributed by atoms with Crippen molar-refractivity contribution < 1.29 is 23.4 Å². The first-order valence-electron chi connectivity index (χ1n) is 8.44. The van der Waals surface area contributed by atoms with E-state index in [4.69, 9.17) is 5.14 Å². The van der Waals surface area contributed by atoms with E-state index in [1.165, 1.54) is 30.4 Å². The number of aromatic hydroxyl groups is 2. The number of primary sulfonamides is 1. The van der Waals surface area contributed by atoms with E-state index in [1.54, 1.807) is 12.1 Å². The highest BCUT2D eigenvalue weighted by Crippen LogP contribution is 2.32. The van der Waals surface area contributed by atoms with Crippen LogP contribution in [0.4, 0.5) is 5.69 Å². The fraction of sp³-hybridized carbons (Fsp3) is 0.211. The zero-order chi connectivity index (χ0) is 19.6. The maximum absolute atomic E-state index is 12.3. The Kier molecular flexibility index (Phi) is 5.20. The van der Waals surface area contributed by atoms with Crippen LogP contribution in [0.15, 0.2) is 41.3 Å². The normalized spacial score (nSPS) is 14.1. The molecule has 0 unspecified atom stereocenters. The topological polar surface area (TPSA) is 130 Å². The second kappa shape index (κ2) is 7.42. The second-order valence-corrected chi connectivity index (χ2v) is 7.92. The summed E-state index contributed by atoms with van der Waals surface area (Å²) in [5.74, 6) is -0.901. The Hall–Kier alpha value is -2.84. The van der Waals surface area contributed by atoms with Crippen molar-refractivity contribution in [2.75, 3.05) is 5.32 Å².